The molecule has 0 aliphatic rings. The first-order valence-electron chi connectivity index (χ1n) is 12.0. The number of alkyl halides is 1. The third-order valence-corrected chi connectivity index (χ3v) is 6.19. The second kappa shape index (κ2) is 14.1. The predicted octanol–water partition coefficient (Wildman–Crippen LogP) is 6.58. The van der Waals surface area contributed by atoms with Gasteiger partial charge < -0.3 is 18.7 Å². The van der Waals surface area contributed by atoms with Crippen LogP contribution in [0.4, 0.5) is 0 Å². The molecule has 0 amide bonds. The normalized spacial score (nSPS) is 11.4. The van der Waals surface area contributed by atoms with E-state index in [4.69, 9.17) is 14.2 Å². The van der Waals surface area contributed by atoms with Crippen LogP contribution in [0.3, 0.4) is 0 Å². The molecule has 0 atom stereocenters. The standard InChI is InChI=1S/C29H37BrNO3/c1-31(2,24-25-10-14-28(15-11-25)33-20-7-6-18-30)19-21-32-22-23-34-29-16-12-27(13-17-29)26-8-4-3-5-9-26/h3-5,8-17H,6-7,18-24H2,1-2H3/q+1. The number of benzene rings is 3. The minimum absolute atomic E-state index is 0.551. The number of nitrogens with zero attached hydrogens (tertiary/aromatic N) is 1. The molecule has 4 nitrogen and oxygen atoms in total. The molecule has 34 heavy (non-hydrogen) atoms. The fourth-order valence-corrected chi connectivity index (χ4v) is 4.05. The Balaban J connectivity index is 1.30. The highest BCUT2D eigenvalue weighted by Crippen LogP contribution is 2.22. The lowest BCUT2D eigenvalue weighted by molar-refractivity contribution is -0.904. The molecule has 3 aromatic rings. The fourth-order valence-electron chi connectivity index (χ4n) is 3.66. The average molecular weight is 528 g/mol. The van der Waals surface area contributed by atoms with Crippen LogP contribution in [0.15, 0.2) is 78.9 Å². The van der Waals surface area contributed by atoms with Gasteiger partial charge in [0.1, 0.15) is 31.2 Å². The predicted molar refractivity (Wildman–Crippen MR) is 144 cm³/mol. The second-order valence-corrected chi connectivity index (χ2v) is 9.85. The quantitative estimate of drug-likeness (QED) is 0.127. The molecule has 3 aromatic carbocycles. The summed E-state index contributed by atoms with van der Waals surface area (Å²) < 4.78 is 18.3. The molecule has 0 bridgehead atoms. The van der Waals surface area contributed by atoms with E-state index >= 15 is 0 Å². The zero-order valence-corrected chi connectivity index (χ0v) is 22.0. The highest BCUT2D eigenvalue weighted by atomic mass is 79.9. The lowest BCUT2D eigenvalue weighted by atomic mass is 10.1. The summed E-state index contributed by atoms with van der Waals surface area (Å²) >= 11 is 3.45. The third-order valence-electron chi connectivity index (χ3n) is 5.63. The van der Waals surface area contributed by atoms with Crippen molar-refractivity contribution in [3.05, 3.63) is 84.4 Å². The van der Waals surface area contributed by atoms with Crippen LogP contribution in [0.5, 0.6) is 11.5 Å². The third kappa shape index (κ3) is 9.49. The van der Waals surface area contributed by atoms with E-state index in [2.05, 4.69) is 90.7 Å². The summed E-state index contributed by atoms with van der Waals surface area (Å²) in [7, 11) is 4.47. The van der Waals surface area contributed by atoms with Gasteiger partial charge in [-0.2, -0.15) is 0 Å². The van der Waals surface area contributed by atoms with Crippen molar-refractivity contribution in [2.24, 2.45) is 0 Å². The molecule has 0 aliphatic carbocycles. The van der Waals surface area contributed by atoms with Gasteiger partial charge in [0.05, 0.1) is 33.9 Å². The van der Waals surface area contributed by atoms with Crippen LogP contribution in [-0.2, 0) is 11.3 Å². The van der Waals surface area contributed by atoms with Crippen LogP contribution in [0, 0.1) is 0 Å². The summed E-state index contributed by atoms with van der Waals surface area (Å²) in [6.07, 6.45) is 2.21. The number of hydrogen-bond donors (Lipinski definition) is 0. The van der Waals surface area contributed by atoms with Gasteiger partial charge in [0, 0.05) is 10.9 Å². The van der Waals surface area contributed by atoms with Crippen LogP contribution in [0.1, 0.15) is 18.4 Å². The van der Waals surface area contributed by atoms with Gasteiger partial charge in [0.2, 0.25) is 0 Å². The van der Waals surface area contributed by atoms with E-state index in [1.54, 1.807) is 0 Å². The first kappa shape index (κ1) is 26.3. The molecule has 0 unspecified atom stereocenters. The van der Waals surface area contributed by atoms with Gasteiger partial charge in [-0.3, -0.25) is 0 Å². The van der Waals surface area contributed by atoms with E-state index in [0.717, 1.165) is 53.9 Å². The van der Waals surface area contributed by atoms with E-state index in [1.165, 1.54) is 16.7 Å². The van der Waals surface area contributed by atoms with Crippen molar-refractivity contribution in [3.8, 4) is 22.6 Å². The minimum atomic E-state index is 0.551. The number of ether oxygens (including phenoxy) is 3. The number of quaternary nitrogens is 1. The zero-order valence-electron chi connectivity index (χ0n) is 20.4. The van der Waals surface area contributed by atoms with Crippen molar-refractivity contribution in [1.82, 2.24) is 0 Å². The van der Waals surface area contributed by atoms with Crippen molar-refractivity contribution in [1.29, 1.82) is 0 Å². The average Bonchev–Trinajstić information content (AvgIpc) is 2.86. The van der Waals surface area contributed by atoms with Crippen molar-refractivity contribution in [2.45, 2.75) is 19.4 Å². The summed E-state index contributed by atoms with van der Waals surface area (Å²) in [5.74, 6) is 1.82. The van der Waals surface area contributed by atoms with Gasteiger partial charge in [-0.15, -0.1) is 0 Å². The molecule has 0 radical (unpaired) electrons. The molecular weight excluding hydrogens is 490 g/mol. The minimum Gasteiger partial charge on any atom is -0.494 e. The van der Waals surface area contributed by atoms with Crippen molar-refractivity contribution in [2.75, 3.05) is 52.4 Å². The van der Waals surface area contributed by atoms with Crippen LogP contribution in [-0.4, -0.2) is 56.9 Å². The van der Waals surface area contributed by atoms with Gasteiger partial charge >= 0.3 is 0 Å². The topological polar surface area (TPSA) is 27.7 Å². The van der Waals surface area contributed by atoms with E-state index in [1.807, 2.05) is 18.2 Å². The molecule has 0 aliphatic heterocycles. The summed E-state index contributed by atoms with van der Waals surface area (Å²) in [6.45, 7) is 4.51. The largest absolute Gasteiger partial charge is 0.494 e. The number of unbranched alkanes of at least 4 members (excludes halogenated alkanes) is 1. The summed E-state index contributed by atoms with van der Waals surface area (Å²) in [5.41, 5.74) is 3.71. The van der Waals surface area contributed by atoms with E-state index in [-0.39, 0.29) is 0 Å². The lowest BCUT2D eigenvalue weighted by Crippen LogP contribution is -2.41. The monoisotopic (exact) mass is 526 g/mol. The molecule has 0 aromatic heterocycles. The second-order valence-electron chi connectivity index (χ2n) is 9.06. The zero-order chi connectivity index (χ0) is 24.1. The molecule has 3 rings (SSSR count). The van der Waals surface area contributed by atoms with Crippen LogP contribution >= 0.6 is 15.9 Å². The smallest absolute Gasteiger partial charge is 0.119 e. The van der Waals surface area contributed by atoms with Gasteiger partial charge in [-0.05, 0) is 60.4 Å². The molecule has 5 heteroatoms. The summed E-state index contributed by atoms with van der Waals surface area (Å²) in [6, 6.07) is 27.1. The van der Waals surface area contributed by atoms with Gasteiger partial charge in [-0.1, -0.05) is 58.4 Å². The maximum absolute atomic E-state index is 5.84. The van der Waals surface area contributed by atoms with Crippen molar-refractivity contribution in [3.63, 3.8) is 0 Å². The summed E-state index contributed by atoms with van der Waals surface area (Å²) in [4.78, 5) is 0. The SMILES string of the molecule is C[N+](C)(CCOCCOc1ccc(-c2ccccc2)cc1)Cc1ccc(OCCCCBr)cc1. The molecule has 0 saturated carbocycles. The Morgan fingerprint density at radius 3 is 1.94 bits per heavy atom. The molecule has 0 saturated heterocycles. The Kier molecular flexibility index (Phi) is 10.9. The highest BCUT2D eigenvalue weighted by molar-refractivity contribution is 9.09. The lowest BCUT2D eigenvalue weighted by Gasteiger charge is -2.29. The Morgan fingerprint density at radius 2 is 1.26 bits per heavy atom. The van der Waals surface area contributed by atoms with Gasteiger partial charge in [-0.25, -0.2) is 0 Å². The maximum Gasteiger partial charge on any atom is 0.119 e. The fraction of sp³-hybridized carbons (Fsp3) is 0.379. The van der Waals surface area contributed by atoms with Crippen LogP contribution in [0.2, 0.25) is 0 Å². The van der Waals surface area contributed by atoms with Gasteiger partial charge in [0.15, 0.2) is 0 Å². The number of rotatable bonds is 15. The molecule has 0 spiro atoms. The number of halogens is 1. The van der Waals surface area contributed by atoms with E-state index in [9.17, 15) is 0 Å². The first-order valence-corrected chi connectivity index (χ1v) is 13.1. The Hall–Kier alpha value is -2.34. The Labute approximate surface area is 213 Å². The summed E-state index contributed by atoms with van der Waals surface area (Å²) in [5, 5.41) is 1.03. The number of likely N-dealkylation sites (N-methyl/N-ethyl adjacent to an activating group) is 1. The molecule has 0 heterocycles. The van der Waals surface area contributed by atoms with Crippen molar-refractivity contribution < 1.29 is 18.7 Å². The number of hydrogen-bond acceptors (Lipinski definition) is 3. The molecule has 0 fully saturated rings. The molecule has 182 valence electrons. The maximum atomic E-state index is 5.84. The first-order chi connectivity index (χ1) is 16.6. The Morgan fingerprint density at radius 1 is 0.647 bits per heavy atom. The van der Waals surface area contributed by atoms with E-state index in [0.29, 0.717) is 19.8 Å². The van der Waals surface area contributed by atoms with Crippen molar-refractivity contribution >= 4 is 15.9 Å². The molecular formula is C29H37BrNO3+. The Bertz CT molecular complexity index is 943. The van der Waals surface area contributed by atoms with E-state index < -0.39 is 0 Å². The van der Waals surface area contributed by atoms with Crippen LogP contribution < -0.4 is 9.47 Å². The highest BCUT2D eigenvalue weighted by Gasteiger charge is 2.15. The molecule has 0 N–H and O–H groups in total. The van der Waals surface area contributed by atoms with Crippen LogP contribution in [0.25, 0.3) is 11.1 Å². The van der Waals surface area contributed by atoms with Gasteiger partial charge in [0.25, 0.3) is 0 Å².